The third-order valence-corrected chi connectivity index (χ3v) is 5.30. The van der Waals surface area contributed by atoms with Crippen LogP contribution in [0.5, 0.6) is 0 Å². The highest BCUT2D eigenvalue weighted by Gasteiger charge is 2.50. The van der Waals surface area contributed by atoms with Crippen molar-refractivity contribution in [2.24, 2.45) is 23.5 Å². The lowest BCUT2D eigenvalue weighted by atomic mass is 9.85. The smallest absolute Gasteiger partial charge is 0.239 e. The number of carbonyl (C=O) groups excluding carboxylic acids is 1. The molecule has 2 rings (SSSR count). The molecular weight excluding hydrogens is 250 g/mol. The van der Waals surface area contributed by atoms with Crippen LogP contribution in [0.15, 0.2) is 0 Å². The average Bonchev–Trinajstić information content (AvgIpc) is 3.23. The summed E-state index contributed by atoms with van der Waals surface area (Å²) in [5, 5.41) is 3.50. The standard InChI is InChI=1S/C16H31N3O/c1-4-8-18-16(15(17)20,14-5-6-14)11-19-9-7-12(2)13(3)10-19/h12-14,18H,4-11H2,1-3H3,(H2,17,20). The first-order chi connectivity index (χ1) is 9.49. The molecule has 0 aromatic rings. The van der Waals surface area contributed by atoms with Gasteiger partial charge in [-0.15, -0.1) is 0 Å². The third-order valence-electron chi connectivity index (χ3n) is 5.30. The van der Waals surface area contributed by atoms with Crippen molar-refractivity contribution in [3.05, 3.63) is 0 Å². The molecule has 2 aliphatic rings. The number of nitrogens with two attached hydrogens (primary N) is 1. The Morgan fingerprint density at radius 3 is 2.50 bits per heavy atom. The van der Waals surface area contributed by atoms with Crippen molar-refractivity contribution >= 4 is 5.91 Å². The lowest BCUT2D eigenvalue weighted by Crippen LogP contribution is -2.64. The Hall–Kier alpha value is -0.610. The lowest BCUT2D eigenvalue weighted by Gasteiger charge is -2.42. The van der Waals surface area contributed by atoms with E-state index in [2.05, 4.69) is 31.0 Å². The van der Waals surface area contributed by atoms with Crippen LogP contribution in [0.2, 0.25) is 0 Å². The summed E-state index contributed by atoms with van der Waals surface area (Å²) in [6.07, 6.45) is 4.54. The number of primary amides is 1. The number of nitrogens with one attached hydrogen (secondary N) is 1. The quantitative estimate of drug-likeness (QED) is 0.745. The molecule has 1 saturated heterocycles. The Morgan fingerprint density at radius 2 is 2.00 bits per heavy atom. The van der Waals surface area contributed by atoms with Gasteiger partial charge in [0.25, 0.3) is 0 Å². The second-order valence-electron chi connectivity index (χ2n) is 7.02. The minimum atomic E-state index is -0.490. The fourth-order valence-electron chi connectivity index (χ4n) is 3.47. The van der Waals surface area contributed by atoms with Crippen molar-refractivity contribution in [1.29, 1.82) is 0 Å². The van der Waals surface area contributed by atoms with Crippen molar-refractivity contribution in [2.45, 2.75) is 52.0 Å². The molecule has 20 heavy (non-hydrogen) atoms. The number of amides is 1. The number of likely N-dealkylation sites (tertiary alicyclic amines) is 1. The molecule has 3 unspecified atom stereocenters. The van der Waals surface area contributed by atoms with Crippen molar-refractivity contribution in [1.82, 2.24) is 10.2 Å². The van der Waals surface area contributed by atoms with E-state index in [1.807, 2.05) is 0 Å². The molecule has 0 aromatic carbocycles. The number of hydrogen-bond acceptors (Lipinski definition) is 3. The fourth-order valence-corrected chi connectivity index (χ4v) is 3.47. The van der Waals surface area contributed by atoms with Crippen LogP contribution in [0.1, 0.15) is 46.5 Å². The van der Waals surface area contributed by atoms with Gasteiger partial charge in [-0.2, -0.15) is 0 Å². The second-order valence-corrected chi connectivity index (χ2v) is 7.02. The molecule has 0 aromatic heterocycles. The zero-order chi connectivity index (χ0) is 14.8. The molecule has 116 valence electrons. The molecule has 1 aliphatic carbocycles. The maximum atomic E-state index is 12.2. The van der Waals surface area contributed by atoms with Gasteiger partial charge in [-0.3, -0.25) is 4.79 Å². The number of hydrogen-bond donors (Lipinski definition) is 2. The van der Waals surface area contributed by atoms with Gasteiger partial charge < -0.3 is 16.0 Å². The zero-order valence-electron chi connectivity index (χ0n) is 13.3. The van der Waals surface area contributed by atoms with Gasteiger partial charge in [0.1, 0.15) is 5.54 Å². The van der Waals surface area contributed by atoms with Gasteiger partial charge in [0.2, 0.25) is 5.91 Å². The summed E-state index contributed by atoms with van der Waals surface area (Å²) >= 11 is 0. The van der Waals surface area contributed by atoms with Gasteiger partial charge in [0.05, 0.1) is 0 Å². The summed E-state index contributed by atoms with van der Waals surface area (Å²) in [5.74, 6) is 1.79. The van der Waals surface area contributed by atoms with E-state index >= 15 is 0 Å². The fraction of sp³-hybridized carbons (Fsp3) is 0.938. The van der Waals surface area contributed by atoms with Crippen LogP contribution in [0, 0.1) is 17.8 Å². The average molecular weight is 281 g/mol. The maximum absolute atomic E-state index is 12.2. The van der Waals surface area contributed by atoms with E-state index in [4.69, 9.17) is 5.73 Å². The van der Waals surface area contributed by atoms with Gasteiger partial charge in [-0.1, -0.05) is 20.8 Å². The highest BCUT2D eigenvalue weighted by molar-refractivity contribution is 5.86. The minimum absolute atomic E-state index is 0.153. The molecule has 4 heteroatoms. The molecular formula is C16H31N3O. The van der Waals surface area contributed by atoms with Crippen LogP contribution >= 0.6 is 0 Å². The predicted octanol–water partition coefficient (Wildman–Crippen LogP) is 1.60. The SMILES string of the molecule is CCCNC(CN1CCC(C)C(C)C1)(C(N)=O)C1CC1. The van der Waals surface area contributed by atoms with Crippen LogP contribution < -0.4 is 11.1 Å². The Kier molecular flexibility index (Phi) is 5.08. The van der Waals surface area contributed by atoms with E-state index in [0.717, 1.165) is 51.4 Å². The third kappa shape index (κ3) is 3.34. The number of carbonyl (C=O) groups is 1. The zero-order valence-corrected chi connectivity index (χ0v) is 13.3. The van der Waals surface area contributed by atoms with Crippen molar-refractivity contribution < 1.29 is 4.79 Å². The Bertz CT molecular complexity index is 343. The molecule has 0 spiro atoms. The number of piperidine rings is 1. The van der Waals surface area contributed by atoms with Crippen molar-refractivity contribution in [3.8, 4) is 0 Å². The monoisotopic (exact) mass is 281 g/mol. The van der Waals surface area contributed by atoms with Crippen molar-refractivity contribution in [3.63, 3.8) is 0 Å². The summed E-state index contributed by atoms with van der Waals surface area (Å²) in [7, 11) is 0. The topological polar surface area (TPSA) is 58.4 Å². The molecule has 0 bridgehead atoms. The van der Waals surface area contributed by atoms with Crippen molar-refractivity contribution in [2.75, 3.05) is 26.2 Å². The summed E-state index contributed by atoms with van der Waals surface area (Å²) < 4.78 is 0. The normalized spacial score (nSPS) is 30.9. The molecule has 3 atom stereocenters. The molecule has 1 heterocycles. The first kappa shape index (κ1) is 15.8. The molecule has 1 aliphatic heterocycles. The van der Waals surface area contributed by atoms with Crippen LogP contribution in [0.25, 0.3) is 0 Å². The summed E-state index contributed by atoms with van der Waals surface area (Å²) in [4.78, 5) is 14.6. The van der Waals surface area contributed by atoms with Crippen LogP contribution in [0.4, 0.5) is 0 Å². The van der Waals surface area contributed by atoms with Gasteiger partial charge in [0.15, 0.2) is 0 Å². The van der Waals surface area contributed by atoms with Gasteiger partial charge in [-0.25, -0.2) is 0 Å². The second kappa shape index (κ2) is 6.44. The summed E-state index contributed by atoms with van der Waals surface area (Å²) in [6.45, 7) is 10.6. The van der Waals surface area contributed by atoms with E-state index in [1.54, 1.807) is 0 Å². The van der Waals surface area contributed by atoms with Crippen LogP contribution in [-0.4, -0.2) is 42.5 Å². The maximum Gasteiger partial charge on any atom is 0.239 e. The summed E-state index contributed by atoms with van der Waals surface area (Å²) in [5.41, 5.74) is 5.31. The molecule has 1 saturated carbocycles. The first-order valence-electron chi connectivity index (χ1n) is 8.27. The Morgan fingerprint density at radius 1 is 1.30 bits per heavy atom. The van der Waals surface area contributed by atoms with E-state index < -0.39 is 5.54 Å². The Balaban J connectivity index is 2.05. The number of rotatable bonds is 7. The van der Waals surface area contributed by atoms with E-state index in [0.29, 0.717) is 11.8 Å². The first-order valence-corrected chi connectivity index (χ1v) is 8.27. The van der Waals surface area contributed by atoms with E-state index in [9.17, 15) is 4.79 Å². The van der Waals surface area contributed by atoms with E-state index in [-0.39, 0.29) is 5.91 Å². The molecule has 2 fully saturated rings. The molecule has 0 radical (unpaired) electrons. The highest BCUT2D eigenvalue weighted by atomic mass is 16.1. The molecule has 4 nitrogen and oxygen atoms in total. The largest absolute Gasteiger partial charge is 0.368 e. The van der Waals surface area contributed by atoms with Gasteiger partial charge in [0, 0.05) is 13.1 Å². The molecule has 1 amide bonds. The highest BCUT2D eigenvalue weighted by Crippen LogP contribution is 2.40. The Labute approximate surface area is 123 Å². The van der Waals surface area contributed by atoms with Crippen LogP contribution in [-0.2, 0) is 4.79 Å². The predicted molar refractivity (Wildman–Crippen MR) is 82.3 cm³/mol. The van der Waals surface area contributed by atoms with Gasteiger partial charge in [-0.05, 0) is 56.5 Å². The molecule has 3 N–H and O–H groups in total. The minimum Gasteiger partial charge on any atom is -0.368 e. The number of nitrogens with zero attached hydrogens (tertiary/aromatic N) is 1. The van der Waals surface area contributed by atoms with E-state index in [1.165, 1.54) is 6.42 Å². The summed E-state index contributed by atoms with van der Waals surface area (Å²) in [6, 6.07) is 0. The lowest BCUT2D eigenvalue weighted by molar-refractivity contribution is -0.126. The van der Waals surface area contributed by atoms with Gasteiger partial charge >= 0.3 is 0 Å². The van der Waals surface area contributed by atoms with Crippen LogP contribution in [0.3, 0.4) is 0 Å².